The molecule has 0 saturated heterocycles. The van der Waals surface area contributed by atoms with E-state index in [0.29, 0.717) is 11.3 Å². The van der Waals surface area contributed by atoms with Crippen LogP contribution in [-0.2, 0) is 15.5 Å². The van der Waals surface area contributed by atoms with Crippen molar-refractivity contribution in [3.8, 4) is 5.75 Å². The summed E-state index contributed by atoms with van der Waals surface area (Å²) in [5, 5.41) is 0. The molecule has 0 aliphatic carbocycles. The van der Waals surface area contributed by atoms with Crippen molar-refractivity contribution in [3.63, 3.8) is 0 Å². The molecular weight excluding hydrogens is 206 g/mol. The van der Waals surface area contributed by atoms with Crippen molar-refractivity contribution in [2.75, 3.05) is 7.11 Å². The first kappa shape index (κ1) is 11.1. The minimum absolute atomic E-state index is 0.576. The van der Waals surface area contributed by atoms with Gasteiger partial charge in [0.15, 0.2) is 6.23 Å². The Morgan fingerprint density at radius 1 is 1.57 bits per heavy atom. The van der Waals surface area contributed by atoms with Crippen LogP contribution in [0, 0.1) is 0 Å². The van der Waals surface area contributed by atoms with Crippen molar-refractivity contribution in [1.29, 1.82) is 0 Å². The molecule has 0 heterocycles. The summed E-state index contributed by atoms with van der Waals surface area (Å²) >= 11 is -2.37. The van der Waals surface area contributed by atoms with Gasteiger partial charge in [-0.1, -0.05) is 12.1 Å². The van der Waals surface area contributed by atoms with Crippen LogP contribution in [0.15, 0.2) is 24.3 Å². The lowest BCUT2D eigenvalue weighted by Crippen LogP contribution is -2.15. The monoisotopic (exact) mass is 217 g/mol. The summed E-state index contributed by atoms with van der Waals surface area (Å²) in [5.74, 6) is 0.616. The number of methoxy groups -OCH3 is 1. The molecule has 0 amide bonds. The van der Waals surface area contributed by atoms with Gasteiger partial charge >= 0.3 is 11.4 Å². The van der Waals surface area contributed by atoms with E-state index < -0.39 is 17.6 Å². The Balaban J connectivity index is 2.78. The average molecular weight is 217 g/mol. The van der Waals surface area contributed by atoms with E-state index in [4.69, 9.17) is 15.0 Å². The van der Waals surface area contributed by atoms with Gasteiger partial charge in [-0.2, -0.15) is 4.21 Å². The summed E-state index contributed by atoms with van der Waals surface area (Å²) in [7, 11) is 1.52. The summed E-state index contributed by atoms with van der Waals surface area (Å²) < 4.78 is 28.2. The molecule has 0 fully saturated rings. The maximum absolute atomic E-state index is 10.3. The van der Waals surface area contributed by atoms with E-state index in [1.807, 2.05) is 0 Å². The molecule has 1 rings (SSSR count). The van der Waals surface area contributed by atoms with Gasteiger partial charge in [0.25, 0.3) is 0 Å². The molecular formula is C8H11NO4S. The van der Waals surface area contributed by atoms with Crippen LogP contribution in [0.25, 0.3) is 0 Å². The highest BCUT2D eigenvalue weighted by atomic mass is 32.2. The van der Waals surface area contributed by atoms with Gasteiger partial charge in [0.05, 0.1) is 7.11 Å². The molecule has 0 bridgehead atoms. The van der Waals surface area contributed by atoms with E-state index in [-0.39, 0.29) is 0 Å². The van der Waals surface area contributed by atoms with Gasteiger partial charge in [0, 0.05) is 5.56 Å². The lowest BCUT2D eigenvalue weighted by molar-refractivity contribution is 0.215. The van der Waals surface area contributed by atoms with Crippen LogP contribution in [0.2, 0.25) is 0 Å². The Morgan fingerprint density at radius 3 is 2.86 bits per heavy atom. The zero-order chi connectivity index (χ0) is 10.6. The molecule has 2 unspecified atom stereocenters. The number of hydrogen-bond donors (Lipinski definition) is 2. The van der Waals surface area contributed by atoms with Gasteiger partial charge in [-0.3, -0.25) is 4.55 Å². The number of ether oxygens (including phenoxy) is 1. The predicted octanol–water partition coefficient (Wildman–Crippen LogP) is 0.806. The molecule has 6 heteroatoms. The first-order valence-electron chi connectivity index (χ1n) is 3.81. The number of nitrogens with two attached hydrogens (primary N) is 1. The van der Waals surface area contributed by atoms with E-state index >= 15 is 0 Å². The number of rotatable bonds is 4. The standard InChI is InChI=1S/C8H11NO4S/c1-12-7-4-2-3-6(5-7)8(9)13-14(10)11/h2-5,8H,9H2,1H3,(H,10,11). The molecule has 2 atom stereocenters. The van der Waals surface area contributed by atoms with E-state index in [2.05, 4.69) is 4.18 Å². The summed E-state index contributed by atoms with van der Waals surface area (Å²) in [4.78, 5) is 0. The third-order valence-electron chi connectivity index (χ3n) is 1.61. The minimum Gasteiger partial charge on any atom is -0.497 e. The first-order valence-corrected chi connectivity index (χ1v) is 4.84. The zero-order valence-electron chi connectivity index (χ0n) is 7.54. The van der Waals surface area contributed by atoms with E-state index in [1.165, 1.54) is 7.11 Å². The third-order valence-corrected chi connectivity index (χ3v) is 1.98. The van der Waals surface area contributed by atoms with Crippen LogP contribution in [-0.4, -0.2) is 15.9 Å². The molecule has 1 aromatic rings. The maximum atomic E-state index is 10.3. The lowest BCUT2D eigenvalue weighted by atomic mass is 10.2. The summed E-state index contributed by atoms with van der Waals surface area (Å²) in [5.41, 5.74) is 6.06. The molecule has 0 aliphatic heterocycles. The molecule has 3 N–H and O–H groups in total. The second kappa shape index (κ2) is 5.06. The summed E-state index contributed by atoms with van der Waals surface area (Å²) in [6, 6.07) is 6.78. The fraction of sp³-hybridized carbons (Fsp3) is 0.250. The van der Waals surface area contributed by atoms with Crippen LogP contribution in [0.4, 0.5) is 0 Å². The molecule has 5 nitrogen and oxygen atoms in total. The van der Waals surface area contributed by atoms with Crippen molar-refractivity contribution in [1.82, 2.24) is 0 Å². The molecule has 0 radical (unpaired) electrons. The molecule has 0 aromatic heterocycles. The maximum Gasteiger partial charge on any atom is 0.303 e. The highest BCUT2D eigenvalue weighted by molar-refractivity contribution is 7.74. The SMILES string of the molecule is COc1cccc(C(N)OS(=O)O)c1. The van der Waals surface area contributed by atoms with E-state index in [0.717, 1.165) is 0 Å². The van der Waals surface area contributed by atoms with E-state index in [9.17, 15) is 4.21 Å². The minimum atomic E-state index is -2.37. The zero-order valence-corrected chi connectivity index (χ0v) is 8.36. The van der Waals surface area contributed by atoms with Gasteiger partial charge < -0.3 is 10.5 Å². The Morgan fingerprint density at radius 2 is 2.29 bits per heavy atom. The summed E-state index contributed by atoms with van der Waals surface area (Å²) in [6.45, 7) is 0. The highest BCUT2D eigenvalue weighted by Crippen LogP contribution is 2.18. The smallest absolute Gasteiger partial charge is 0.303 e. The van der Waals surface area contributed by atoms with Gasteiger partial charge in [-0.15, -0.1) is 0 Å². The van der Waals surface area contributed by atoms with Gasteiger partial charge in [-0.05, 0) is 12.1 Å². The van der Waals surface area contributed by atoms with Gasteiger partial charge in [0.1, 0.15) is 5.75 Å². The van der Waals surface area contributed by atoms with Crippen molar-refractivity contribution in [2.24, 2.45) is 5.73 Å². The normalized spacial score (nSPS) is 14.8. The number of benzene rings is 1. The third kappa shape index (κ3) is 3.08. The fourth-order valence-electron chi connectivity index (χ4n) is 0.963. The highest BCUT2D eigenvalue weighted by Gasteiger charge is 2.09. The van der Waals surface area contributed by atoms with Crippen molar-refractivity contribution in [3.05, 3.63) is 29.8 Å². The molecule has 1 aromatic carbocycles. The van der Waals surface area contributed by atoms with Crippen LogP contribution < -0.4 is 10.5 Å². The van der Waals surface area contributed by atoms with Crippen LogP contribution in [0.5, 0.6) is 5.75 Å². The summed E-state index contributed by atoms with van der Waals surface area (Å²) in [6.07, 6.45) is -0.934. The van der Waals surface area contributed by atoms with Crippen LogP contribution >= 0.6 is 0 Å². The molecule has 0 saturated carbocycles. The van der Waals surface area contributed by atoms with Crippen LogP contribution in [0.1, 0.15) is 11.8 Å². The van der Waals surface area contributed by atoms with Crippen molar-refractivity contribution < 1.29 is 17.7 Å². The second-order valence-electron chi connectivity index (χ2n) is 2.51. The Kier molecular flexibility index (Phi) is 4.02. The van der Waals surface area contributed by atoms with Gasteiger partial charge in [0.2, 0.25) is 0 Å². The van der Waals surface area contributed by atoms with E-state index in [1.54, 1.807) is 24.3 Å². The van der Waals surface area contributed by atoms with Crippen molar-refractivity contribution in [2.45, 2.75) is 6.23 Å². The molecule has 14 heavy (non-hydrogen) atoms. The lowest BCUT2D eigenvalue weighted by Gasteiger charge is -2.10. The Bertz CT molecular complexity index is 331. The first-order chi connectivity index (χ1) is 6.63. The molecule has 0 aliphatic rings. The Labute approximate surface area is 84.3 Å². The van der Waals surface area contributed by atoms with Gasteiger partial charge in [-0.25, -0.2) is 4.18 Å². The Hall–Kier alpha value is -0.950. The largest absolute Gasteiger partial charge is 0.497 e. The second-order valence-corrected chi connectivity index (χ2v) is 3.14. The predicted molar refractivity (Wildman–Crippen MR) is 51.8 cm³/mol. The van der Waals surface area contributed by atoms with Crippen molar-refractivity contribution >= 4 is 11.4 Å². The topological polar surface area (TPSA) is 81.8 Å². The fourth-order valence-corrected chi connectivity index (χ4v) is 1.25. The quantitative estimate of drug-likeness (QED) is 0.576. The average Bonchev–Trinajstić information content (AvgIpc) is 2.17. The molecule has 78 valence electrons. The van der Waals surface area contributed by atoms with Crippen LogP contribution in [0.3, 0.4) is 0 Å². The molecule has 0 spiro atoms. The number of hydrogen-bond acceptors (Lipinski definition) is 4.